The van der Waals surface area contributed by atoms with E-state index in [0.29, 0.717) is 17.4 Å². The number of carbonyl (C=O) groups is 4. The first kappa shape index (κ1) is 22.5. The summed E-state index contributed by atoms with van der Waals surface area (Å²) in [6.07, 6.45) is 0.566. The molecule has 31 heavy (non-hydrogen) atoms. The van der Waals surface area contributed by atoms with Crippen LogP contribution < -0.4 is 10.6 Å². The summed E-state index contributed by atoms with van der Waals surface area (Å²) in [5.41, 5.74) is 1.05. The summed E-state index contributed by atoms with van der Waals surface area (Å²) in [5, 5.41) is 23.8. The van der Waals surface area contributed by atoms with E-state index < -0.39 is 40.1 Å². The number of benzene rings is 2. The minimum Gasteiger partial charge on any atom is -0.480 e. The second-order valence-corrected chi connectivity index (χ2v) is 9.41. The zero-order chi connectivity index (χ0) is 22.8. The average molecular weight is 442 g/mol. The van der Waals surface area contributed by atoms with Crippen molar-refractivity contribution in [1.29, 1.82) is 0 Å². The Hall–Kier alpha value is -3.17. The highest BCUT2D eigenvalue weighted by molar-refractivity contribution is 8.01. The second kappa shape index (κ2) is 8.91. The molecule has 1 aliphatic rings. The molecule has 162 valence electrons. The van der Waals surface area contributed by atoms with Crippen LogP contribution in [0, 0.1) is 0 Å². The van der Waals surface area contributed by atoms with Crippen LogP contribution in [0.4, 0.5) is 0 Å². The minimum atomic E-state index is -1.12. The second-order valence-electron chi connectivity index (χ2n) is 7.61. The number of aliphatic carboxylic acids is 1. The van der Waals surface area contributed by atoms with Gasteiger partial charge in [-0.15, -0.1) is 11.8 Å². The van der Waals surface area contributed by atoms with Crippen molar-refractivity contribution >= 4 is 35.9 Å². The molecule has 1 fully saturated rings. The van der Waals surface area contributed by atoms with Crippen molar-refractivity contribution in [3.63, 3.8) is 0 Å². The maximum atomic E-state index is 13.1. The lowest BCUT2D eigenvalue weighted by atomic mass is 9.95. The third-order valence-corrected chi connectivity index (χ3v) is 6.62. The summed E-state index contributed by atoms with van der Waals surface area (Å²) in [6.45, 7) is 3.51. The van der Waals surface area contributed by atoms with Crippen LogP contribution in [0.5, 0.6) is 0 Å². The number of hydrogen-bond acceptors (Lipinski definition) is 6. The van der Waals surface area contributed by atoms with Gasteiger partial charge in [0.15, 0.2) is 0 Å². The van der Waals surface area contributed by atoms with Gasteiger partial charge in [-0.1, -0.05) is 36.4 Å². The number of aldehydes is 1. The summed E-state index contributed by atoms with van der Waals surface area (Å²) >= 11 is 1.27. The zero-order valence-electron chi connectivity index (χ0n) is 16.9. The van der Waals surface area contributed by atoms with E-state index >= 15 is 0 Å². The summed E-state index contributed by atoms with van der Waals surface area (Å²) in [7, 11) is 0. The van der Waals surface area contributed by atoms with Crippen LogP contribution >= 0.6 is 11.8 Å². The van der Waals surface area contributed by atoms with Gasteiger partial charge in [-0.05, 0) is 37.1 Å². The first-order valence-corrected chi connectivity index (χ1v) is 10.4. The van der Waals surface area contributed by atoms with E-state index in [-0.39, 0.29) is 11.1 Å². The van der Waals surface area contributed by atoms with Crippen molar-refractivity contribution in [2.75, 3.05) is 0 Å². The predicted molar refractivity (Wildman–Crippen MR) is 116 cm³/mol. The quantitative estimate of drug-likeness (QED) is 0.480. The Kier molecular flexibility index (Phi) is 6.47. The van der Waals surface area contributed by atoms with Crippen molar-refractivity contribution in [3.05, 3.63) is 59.7 Å². The molecule has 0 bridgehead atoms. The number of carboxylic acid groups (broad SMARTS) is 2. The lowest BCUT2D eigenvalue weighted by molar-refractivity contribution is -0.140. The molecule has 2 aromatic rings. The fraction of sp³-hybridized carbons (Fsp3) is 0.273. The van der Waals surface area contributed by atoms with Gasteiger partial charge in [0, 0.05) is 10.3 Å². The number of rotatable bonds is 7. The number of carboxylic acids is 2. The number of aromatic carboxylic acids is 1. The summed E-state index contributed by atoms with van der Waals surface area (Å²) in [4.78, 5) is 47.9. The summed E-state index contributed by atoms with van der Waals surface area (Å²) in [5.74, 6) is -2.72. The van der Waals surface area contributed by atoms with Crippen LogP contribution in [0.15, 0.2) is 48.5 Å². The molecule has 1 saturated heterocycles. The van der Waals surface area contributed by atoms with Crippen molar-refractivity contribution in [2.45, 2.75) is 36.1 Å². The van der Waals surface area contributed by atoms with Gasteiger partial charge in [-0.25, -0.2) is 4.79 Å². The average Bonchev–Trinajstić information content (AvgIpc) is 3.07. The molecule has 3 atom stereocenters. The van der Waals surface area contributed by atoms with Crippen molar-refractivity contribution in [2.24, 2.45) is 0 Å². The Bertz CT molecular complexity index is 1040. The molecule has 0 aromatic heterocycles. The number of carbonyl (C=O) groups excluding carboxylic acids is 2. The molecule has 0 saturated carbocycles. The van der Waals surface area contributed by atoms with Crippen LogP contribution in [0.25, 0.3) is 11.1 Å². The third kappa shape index (κ3) is 4.62. The Morgan fingerprint density at radius 1 is 1.03 bits per heavy atom. The molecule has 0 spiro atoms. The normalized spacial score (nSPS) is 20.6. The van der Waals surface area contributed by atoms with Gasteiger partial charge in [0.25, 0.3) is 5.91 Å². The van der Waals surface area contributed by atoms with Gasteiger partial charge in [0.1, 0.15) is 18.4 Å². The first-order chi connectivity index (χ1) is 14.7. The Labute approximate surface area is 183 Å². The van der Waals surface area contributed by atoms with Crippen LogP contribution in [0.1, 0.15) is 34.6 Å². The molecule has 0 aliphatic carbocycles. The lowest BCUT2D eigenvalue weighted by Crippen LogP contribution is -2.51. The van der Waals surface area contributed by atoms with Crippen LogP contribution in [0.2, 0.25) is 0 Å². The molecule has 9 heteroatoms. The van der Waals surface area contributed by atoms with Gasteiger partial charge in [-0.2, -0.15) is 0 Å². The zero-order valence-corrected chi connectivity index (χ0v) is 17.7. The smallest absolute Gasteiger partial charge is 0.336 e. The van der Waals surface area contributed by atoms with Crippen molar-refractivity contribution in [3.8, 4) is 11.1 Å². The monoisotopic (exact) mass is 442 g/mol. The largest absolute Gasteiger partial charge is 0.480 e. The topological polar surface area (TPSA) is 133 Å². The van der Waals surface area contributed by atoms with E-state index in [2.05, 4.69) is 10.6 Å². The van der Waals surface area contributed by atoms with E-state index in [9.17, 15) is 29.4 Å². The van der Waals surface area contributed by atoms with E-state index in [1.54, 1.807) is 56.3 Å². The molecule has 1 heterocycles. The van der Waals surface area contributed by atoms with Crippen molar-refractivity contribution in [1.82, 2.24) is 10.6 Å². The predicted octanol–water partition coefficient (Wildman–Crippen LogP) is 2.24. The van der Waals surface area contributed by atoms with Gasteiger partial charge in [0.2, 0.25) is 0 Å². The maximum Gasteiger partial charge on any atom is 0.336 e. The standard InChI is InChI=1S/C22H22N2O6S/c1-22(2)17(21(29)30)24-19(31-22)16(11-25)23-18(26)14-9-5-3-7-12(14)13-8-4-6-10-15(13)20(27)28/h3-11,16-17,19,24H,1-2H3,(H,23,26)(H,27,28)(H,29,30)/t16-,17+,19-/m1/s1. The number of amides is 1. The molecule has 0 radical (unpaired) electrons. The molecule has 2 aromatic carbocycles. The number of hydrogen-bond donors (Lipinski definition) is 4. The van der Waals surface area contributed by atoms with Gasteiger partial charge < -0.3 is 20.3 Å². The molecule has 1 aliphatic heterocycles. The van der Waals surface area contributed by atoms with E-state index in [1.165, 1.54) is 17.8 Å². The Morgan fingerprint density at radius 3 is 2.10 bits per heavy atom. The molecule has 1 amide bonds. The van der Waals surface area contributed by atoms with Gasteiger partial charge in [0.05, 0.1) is 10.9 Å². The highest BCUT2D eigenvalue weighted by Gasteiger charge is 2.47. The summed E-state index contributed by atoms with van der Waals surface area (Å²) in [6, 6.07) is 11.0. The molecule has 0 unspecified atom stereocenters. The number of nitrogens with one attached hydrogen (secondary N) is 2. The Balaban J connectivity index is 1.89. The fourth-order valence-corrected chi connectivity index (χ4v) is 5.01. The highest BCUT2D eigenvalue weighted by atomic mass is 32.2. The molecular weight excluding hydrogens is 420 g/mol. The SMILES string of the molecule is CC1(C)S[C@H]([C@@H](C=O)NC(=O)c2ccccc2-c2ccccc2C(=O)O)N[C@H]1C(=O)O. The van der Waals surface area contributed by atoms with E-state index in [0.717, 1.165) is 0 Å². The molecule has 8 nitrogen and oxygen atoms in total. The van der Waals surface area contributed by atoms with Gasteiger partial charge in [-0.3, -0.25) is 14.9 Å². The third-order valence-electron chi connectivity index (χ3n) is 5.09. The molecule has 4 N–H and O–H groups in total. The lowest BCUT2D eigenvalue weighted by Gasteiger charge is -2.22. The molecule has 3 rings (SSSR count). The first-order valence-electron chi connectivity index (χ1n) is 9.50. The van der Waals surface area contributed by atoms with E-state index in [1.807, 2.05) is 0 Å². The number of thioether (sulfide) groups is 1. The fourth-order valence-electron chi connectivity index (χ4n) is 3.57. The van der Waals surface area contributed by atoms with Crippen LogP contribution in [-0.2, 0) is 9.59 Å². The summed E-state index contributed by atoms with van der Waals surface area (Å²) < 4.78 is -0.680. The van der Waals surface area contributed by atoms with Crippen LogP contribution in [-0.4, -0.2) is 56.5 Å². The highest BCUT2D eigenvalue weighted by Crippen LogP contribution is 2.39. The molecular formula is C22H22N2O6S. The minimum absolute atomic E-state index is 0.0498. The Morgan fingerprint density at radius 2 is 1.58 bits per heavy atom. The van der Waals surface area contributed by atoms with Gasteiger partial charge >= 0.3 is 11.9 Å². The van der Waals surface area contributed by atoms with E-state index in [4.69, 9.17) is 0 Å². The maximum absolute atomic E-state index is 13.1. The van der Waals surface area contributed by atoms with Crippen LogP contribution in [0.3, 0.4) is 0 Å². The van der Waals surface area contributed by atoms with Crippen molar-refractivity contribution < 1.29 is 29.4 Å².